The number of pyridine rings is 1. The summed E-state index contributed by atoms with van der Waals surface area (Å²) in [7, 11) is 0. The minimum Gasteiger partial charge on any atom is -0.352 e. The highest BCUT2D eigenvalue weighted by atomic mass is 19.4. The van der Waals surface area contributed by atoms with E-state index in [1.165, 1.54) is 0 Å². The van der Waals surface area contributed by atoms with Crippen LogP contribution in [0.15, 0.2) is 42.6 Å². The first kappa shape index (κ1) is 18.0. The number of aromatic nitrogens is 3. The highest BCUT2D eigenvalue weighted by Gasteiger charge is 2.36. The Morgan fingerprint density at radius 3 is 2.25 bits per heavy atom. The second kappa shape index (κ2) is 6.96. The van der Waals surface area contributed by atoms with Crippen molar-refractivity contribution >= 4 is 22.5 Å². The summed E-state index contributed by atoms with van der Waals surface area (Å²) in [4.78, 5) is 15.6. The monoisotopic (exact) mass is 384 g/mol. The lowest BCUT2D eigenvalue weighted by atomic mass is 10.2. The third-order valence-electron chi connectivity index (χ3n) is 4.62. The van der Waals surface area contributed by atoms with E-state index < -0.39 is 12.0 Å². The molecule has 0 radical (unpaired) electrons. The maximum absolute atomic E-state index is 13.2. The van der Waals surface area contributed by atoms with E-state index in [2.05, 4.69) is 21.0 Å². The minimum absolute atomic E-state index is 0.263. The van der Waals surface area contributed by atoms with E-state index >= 15 is 0 Å². The van der Waals surface area contributed by atoms with Gasteiger partial charge in [0.1, 0.15) is 17.7 Å². The van der Waals surface area contributed by atoms with Gasteiger partial charge in [-0.3, -0.25) is 0 Å². The Labute approximate surface area is 158 Å². The second-order valence-corrected chi connectivity index (χ2v) is 6.35. The predicted octanol–water partition coefficient (Wildman–Crippen LogP) is 3.24. The molecular formula is C19H15F3N6. The number of alkyl halides is 3. The first-order valence-corrected chi connectivity index (χ1v) is 8.66. The standard InChI is InChI=1S/C19H15F3N6/c20-19(21,22)18-25-15-6-2-1-5-14(15)17(26-18)28-10-8-27(9-11-28)16-13(12-23)4-3-7-24-16/h1-7H,8-11H2. The summed E-state index contributed by atoms with van der Waals surface area (Å²) in [5.74, 6) is -0.271. The summed E-state index contributed by atoms with van der Waals surface area (Å²) in [5.41, 5.74) is 0.738. The molecule has 0 bridgehead atoms. The third kappa shape index (κ3) is 3.29. The van der Waals surface area contributed by atoms with E-state index in [-0.39, 0.29) is 11.3 Å². The van der Waals surface area contributed by atoms with Gasteiger partial charge in [-0.1, -0.05) is 12.1 Å². The van der Waals surface area contributed by atoms with Crippen molar-refractivity contribution in [3.63, 3.8) is 0 Å². The summed E-state index contributed by atoms with van der Waals surface area (Å²) >= 11 is 0. The Balaban J connectivity index is 1.65. The summed E-state index contributed by atoms with van der Waals surface area (Å²) in [6.07, 6.45) is -2.99. The van der Waals surface area contributed by atoms with Gasteiger partial charge in [-0.2, -0.15) is 18.4 Å². The predicted molar refractivity (Wildman–Crippen MR) is 97.9 cm³/mol. The minimum atomic E-state index is -4.61. The van der Waals surface area contributed by atoms with Crippen LogP contribution >= 0.6 is 0 Å². The number of fused-ring (bicyclic) bond motifs is 1. The van der Waals surface area contributed by atoms with Gasteiger partial charge in [-0.15, -0.1) is 0 Å². The average molecular weight is 384 g/mol. The van der Waals surface area contributed by atoms with Crippen LogP contribution in [0.4, 0.5) is 24.8 Å². The van der Waals surface area contributed by atoms with Crippen LogP contribution in [0.25, 0.3) is 10.9 Å². The number of nitrogens with zero attached hydrogens (tertiary/aromatic N) is 6. The van der Waals surface area contributed by atoms with Crippen molar-refractivity contribution in [1.29, 1.82) is 5.26 Å². The first-order chi connectivity index (χ1) is 13.5. The number of anilines is 2. The molecule has 1 saturated heterocycles. The van der Waals surface area contributed by atoms with E-state index in [0.29, 0.717) is 42.9 Å². The zero-order chi connectivity index (χ0) is 19.7. The molecular weight excluding hydrogens is 369 g/mol. The number of hydrogen-bond acceptors (Lipinski definition) is 6. The van der Waals surface area contributed by atoms with Crippen molar-refractivity contribution in [3.8, 4) is 6.07 Å². The van der Waals surface area contributed by atoms with Gasteiger partial charge in [-0.25, -0.2) is 15.0 Å². The Morgan fingerprint density at radius 2 is 1.57 bits per heavy atom. The molecule has 0 N–H and O–H groups in total. The molecule has 0 unspecified atom stereocenters. The number of para-hydroxylation sites is 1. The largest absolute Gasteiger partial charge is 0.451 e. The lowest BCUT2D eigenvalue weighted by Crippen LogP contribution is -2.47. The normalized spacial score (nSPS) is 14.9. The molecule has 4 rings (SSSR count). The summed E-state index contributed by atoms with van der Waals surface area (Å²) in [6.45, 7) is 1.95. The molecule has 0 spiro atoms. The van der Waals surface area contributed by atoms with Gasteiger partial charge < -0.3 is 9.80 Å². The Kier molecular flexibility index (Phi) is 4.47. The van der Waals surface area contributed by atoms with Gasteiger partial charge in [-0.05, 0) is 24.3 Å². The number of hydrogen-bond donors (Lipinski definition) is 0. The summed E-state index contributed by atoms with van der Waals surface area (Å²) in [5, 5.41) is 9.84. The van der Waals surface area contributed by atoms with Gasteiger partial charge in [0.25, 0.3) is 0 Å². The number of halogens is 3. The molecule has 2 aromatic heterocycles. The highest BCUT2D eigenvalue weighted by Crippen LogP contribution is 2.32. The van der Waals surface area contributed by atoms with Crippen LogP contribution < -0.4 is 9.80 Å². The van der Waals surface area contributed by atoms with E-state index in [4.69, 9.17) is 0 Å². The topological polar surface area (TPSA) is 68.9 Å². The molecule has 142 valence electrons. The van der Waals surface area contributed by atoms with Crippen molar-refractivity contribution < 1.29 is 13.2 Å². The van der Waals surface area contributed by atoms with Gasteiger partial charge in [0.15, 0.2) is 0 Å². The van der Waals surface area contributed by atoms with Gasteiger partial charge >= 0.3 is 6.18 Å². The van der Waals surface area contributed by atoms with Crippen molar-refractivity contribution in [2.24, 2.45) is 0 Å². The Hall–Kier alpha value is -3.41. The van der Waals surface area contributed by atoms with Crippen LogP contribution in [0.1, 0.15) is 11.4 Å². The molecule has 0 amide bonds. The van der Waals surface area contributed by atoms with Crippen molar-refractivity contribution in [2.75, 3.05) is 36.0 Å². The van der Waals surface area contributed by atoms with Crippen LogP contribution in [-0.4, -0.2) is 41.1 Å². The van der Waals surface area contributed by atoms with Gasteiger partial charge in [0.2, 0.25) is 5.82 Å². The zero-order valence-electron chi connectivity index (χ0n) is 14.7. The van der Waals surface area contributed by atoms with Gasteiger partial charge in [0, 0.05) is 37.8 Å². The third-order valence-corrected chi connectivity index (χ3v) is 4.62. The highest BCUT2D eigenvalue weighted by molar-refractivity contribution is 5.89. The van der Waals surface area contributed by atoms with Crippen LogP contribution in [0.3, 0.4) is 0 Å². The van der Waals surface area contributed by atoms with E-state index in [1.807, 2.05) is 9.80 Å². The van der Waals surface area contributed by atoms with E-state index in [1.54, 1.807) is 42.6 Å². The van der Waals surface area contributed by atoms with Crippen molar-refractivity contribution in [2.45, 2.75) is 6.18 Å². The molecule has 0 atom stereocenters. The maximum Gasteiger partial charge on any atom is 0.451 e. The lowest BCUT2D eigenvalue weighted by Gasteiger charge is -2.36. The first-order valence-electron chi connectivity index (χ1n) is 8.66. The number of rotatable bonds is 2. The Morgan fingerprint density at radius 1 is 0.893 bits per heavy atom. The van der Waals surface area contributed by atoms with Crippen LogP contribution in [0.5, 0.6) is 0 Å². The maximum atomic E-state index is 13.2. The average Bonchev–Trinajstić information content (AvgIpc) is 2.72. The molecule has 0 saturated carbocycles. The fourth-order valence-electron chi connectivity index (χ4n) is 3.29. The Bertz CT molecular complexity index is 1050. The lowest BCUT2D eigenvalue weighted by molar-refractivity contribution is -0.144. The van der Waals surface area contributed by atoms with Crippen molar-refractivity contribution in [3.05, 3.63) is 54.0 Å². The molecule has 3 heterocycles. The summed E-state index contributed by atoms with van der Waals surface area (Å²) in [6, 6.07) is 12.2. The molecule has 1 aromatic carbocycles. The quantitative estimate of drug-likeness (QED) is 0.676. The molecule has 3 aromatic rings. The van der Waals surface area contributed by atoms with E-state index in [9.17, 15) is 18.4 Å². The SMILES string of the molecule is N#Cc1cccnc1N1CCN(c2nc(C(F)(F)F)nc3ccccc23)CC1. The second-order valence-electron chi connectivity index (χ2n) is 6.35. The molecule has 0 aliphatic carbocycles. The number of benzene rings is 1. The summed E-state index contributed by atoms with van der Waals surface area (Å²) < 4.78 is 39.7. The molecule has 1 aliphatic heterocycles. The molecule has 9 heteroatoms. The fourth-order valence-corrected chi connectivity index (χ4v) is 3.29. The molecule has 28 heavy (non-hydrogen) atoms. The smallest absolute Gasteiger partial charge is 0.352 e. The van der Waals surface area contributed by atoms with Crippen molar-refractivity contribution in [1.82, 2.24) is 15.0 Å². The number of nitriles is 1. The van der Waals surface area contributed by atoms with Crippen LogP contribution in [-0.2, 0) is 6.18 Å². The molecule has 1 aliphatic rings. The van der Waals surface area contributed by atoms with Gasteiger partial charge in [0.05, 0.1) is 11.1 Å². The van der Waals surface area contributed by atoms with Crippen LogP contribution in [0.2, 0.25) is 0 Å². The number of piperazine rings is 1. The zero-order valence-corrected chi connectivity index (χ0v) is 14.7. The fraction of sp³-hybridized carbons (Fsp3) is 0.263. The molecule has 1 fully saturated rings. The molecule has 6 nitrogen and oxygen atoms in total. The van der Waals surface area contributed by atoms with E-state index in [0.717, 1.165) is 0 Å². The van der Waals surface area contributed by atoms with Crippen LogP contribution in [0, 0.1) is 11.3 Å².